The summed E-state index contributed by atoms with van der Waals surface area (Å²) in [6, 6.07) is 3.79. The molecule has 0 spiro atoms. The molecule has 0 bridgehead atoms. The normalized spacial score (nSPS) is 9.94. The first-order chi connectivity index (χ1) is 8.58. The molecule has 0 saturated heterocycles. The number of halogens is 1. The number of aliphatic hydroxyl groups is 1. The van der Waals surface area contributed by atoms with Crippen LogP contribution in [0, 0.1) is 12.7 Å². The van der Waals surface area contributed by atoms with Crippen LogP contribution in [0.5, 0.6) is 0 Å². The largest absolute Gasteiger partial charge is 0.395 e. The van der Waals surface area contributed by atoms with E-state index in [-0.39, 0.29) is 25.0 Å². The highest BCUT2D eigenvalue weighted by atomic mass is 19.1. The lowest BCUT2D eigenvalue weighted by Gasteiger charge is -2.21. The molecule has 0 aliphatic carbocycles. The summed E-state index contributed by atoms with van der Waals surface area (Å²) in [5.74, 6) is -0.344. The van der Waals surface area contributed by atoms with Gasteiger partial charge in [-0.15, -0.1) is 6.58 Å². The van der Waals surface area contributed by atoms with Crippen molar-refractivity contribution in [3.05, 3.63) is 42.2 Å². The molecule has 98 valence electrons. The third-order valence-corrected chi connectivity index (χ3v) is 2.44. The predicted octanol–water partition coefficient (Wildman–Crippen LogP) is 2.15. The molecule has 1 aromatic rings. The number of nitrogens with one attached hydrogen (secondary N) is 1. The standard InChI is InChI=1S/C13H17FN2O2/c1-3-6-16(7-8-17)13(18)15-12-5-4-11(14)9-10(12)2/h3-5,9,17H,1,6-8H2,2H3,(H,15,18). The molecule has 0 unspecified atom stereocenters. The number of benzene rings is 1. The second kappa shape index (κ2) is 6.76. The Morgan fingerprint density at radius 3 is 2.89 bits per heavy atom. The van der Waals surface area contributed by atoms with E-state index in [4.69, 9.17) is 5.11 Å². The molecule has 5 heteroatoms. The van der Waals surface area contributed by atoms with Crippen LogP contribution in [0.25, 0.3) is 0 Å². The maximum atomic E-state index is 12.9. The van der Waals surface area contributed by atoms with E-state index in [2.05, 4.69) is 11.9 Å². The number of carbonyl (C=O) groups is 1. The lowest BCUT2D eigenvalue weighted by atomic mass is 10.2. The van der Waals surface area contributed by atoms with Gasteiger partial charge in [0.2, 0.25) is 0 Å². The van der Waals surface area contributed by atoms with Crippen LogP contribution in [-0.2, 0) is 0 Å². The molecule has 0 fully saturated rings. The zero-order valence-electron chi connectivity index (χ0n) is 10.3. The highest BCUT2D eigenvalue weighted by molar-refractivity contribution is 5.90. The summed E-state index contributed by atoms with van der Waals surface area (Å²) >= 11 is 0. The summed E-state index contributed by atoms with van der Waals surface area (Å²) in [4.78, 5) is 13.3. The van der Waals surface area contributed by atoms with Crippen molar-refractivity contribution in [2.24, 2.45) is 0 Å². The van der Waals surface area contributed by atoms with Crippen LogP contribution in [0.4, 0.5) is 14.9 Å². The number of amides is 2. The summed E-state index contributed by atoms with van der Waals surface area (Å²) in [6.45, 7) is 5.70. The molecule has 2 amide bonds. The third kappa shape index (κ3) is 3.85. The minimum absolute atomic E-state index is 0.121. The summed E-state index contributed by atoms with van der Waals surface area (Å²) in [5.41, 5.74) is 1.19. The minimum atomic E-state index is -0.348. The van der Waals surface area contributed by atoms with Crippen molar-refractivity contribution >= 4 is 11.7 Å². The number of hydrogen-bond acceptors (Lipinski definition) is 2. The number of urea groups is 1. The van der Waals surface area contributed by atoms with Gasteiger partial charge < -0.3 is 15.3 Å². The first kappa shape index (κ1) is 14.2. The average Bonchev–Trinajstić information content (AvgIpc) is 2.32. The summed E-state index contributed by atoms with van der Waals surface area (Å²) in [6.07, 6.45) is 1.58. The van der Waals surface area contributed by atoms with E-state index >= 15 is 0 Å². The molecule has 0 radical (unpaired) electrons. The fourth-order valence-electron chi connectivity index (χ4n) is 1.51. The topological polar surface area (TPSA) is 52.6 Å². The maximum Gasteiger partial charge on any atom is 0.322 e. The molecule has 0 atom stereocenters. The fourth-order valence-corrected chi connectivity index (χ4v) is 1.51. The molecule has 1 rings (SSSR count). The molecule has 0 aliphatic rings. The van der Waals surface area contributed by atoms with Crippen LogP contribution >= 0.6 is 0 Å². The Bertz CT molecular complexity index is 435. The van der Waals surface area contributed by atoms with Gasteiger partial charge in [-0.05, 0) is 30.7 Å². The Labute approximate surface area is 106 Å². The highest BCUT2D eigenvalue weighted by Crippen LogP contribution is 2.16. The zero-order valence-corrected chi connectivity index (χ0v) is 10.3. The summed E-state index contributed by atoms with van der Waals surface area (Å²) in [5, 5.41) is 11.5. The van der Waals surface area contributed by atoms with Gasteiger partial charge in [0.1, 0.15) is 5.82 Å². The van der Waals surface area contributed by atoms with Crippen molar-refractivity contribution in [2.45, 2.75) is 6.92 Å². The molecule has 0 saturated carbocycles. The maximum absolute atomic E-state index is 12.9. The van der Waals surface area contributed by atoms with Gasteiger partial charge in [0, 0.05) is 18.8 Å². The molecule has 0 aromatic heterocycles. The van der Waals surface area contributed by atoms with Gasteiger partial charge in [0.25, 0.3) is 0 Å². The van der Waals surface area contributed by atoms with Gasteiger partial charge in [-0.1, -0.05) is 6.08 Å². The highest BCUT2D eigenvalue weighted by Gasteiger charge is 2.12. The van der Waals surface area contributed by atoms with Crippen molar-refractivity contribution in [2.75, 3.05) is 25.0 Å². The van der Waals surface area contributed by atoms with Crippen molar-refractivity contribution in [1.29, 1.82) is 0 Å². The smallest absolute Gasteiger partial charge is 0.322 e. The average molecular weight is 252 g/mol. The first-order valence-electron chi connectivity index (χ1n) is 5.62. The zero-order chi connectivity index (χ0) is 13.5. The van der Waals surface area contributed by atoms with Crippen LogP contribution in [0.3, 0.4) is 0 Å². The van der Waals surface area contributed by atoms with E-state index in [1.54, 1.807) is 13.0 Å². The van der Waals surface area contributed by atoms with Crippen LogP contribution in [0.2, 0.25) is 0 Å². The molecule has 2 N–H and O–H groups in total. The Balaban J connectivity index is 2.75. The second-order valence-electron chi connectivity index (χ2n) is 3.85. The number of nitrogens with zero attached hydrogens (tertiary/aromatic N) is 1. The Kier molecular flexibility index (Phi) is 5.32. The van der Waals surface area contributed by atoms with Crippen molar-refractivity contribution in [1.82, 2.24) is 4.90 Å². The van der Waals surface area contributed by atoms with Gasteiger partial charge >= 0.3 is 6.03 Å². The molecular weight excluding hydrogens is 235 g/mol. The Hall–Kier alpha value is -1.88. The predicted molar refractivity (Wildman–Crippen MR) is 69.0 cm³/mol. The molecular formula is C13H17FN2O2. The number of rotatable bonds is 5. The number of anilines is 1. The van der Waals surface area contributed by atoms with Gasteiger partial charge in [0.15, 0.2) is 0 Å². The van der Waals surface area contributed by atoms with E-state index in [0.717, 1.165) is 0 Å². The van der Waals surface area contributed by atoms with Crippen LogP contribution in [0.15, 0.2) is 30.9 Å². The molecule has 4 nitrogen and oxygen atoms in total. The molecule has 18 heavy (non-hydrogen) atoms. The second-order valence-corrected chi connectivity index (χ2v) is 3.85. The van der Waals surface area contributed by atoms with Crippen LogP contribution in [0.1, 0.15) is 5.56 Å². The number of aryl methyl sites for hydroxylation is 1. The van der Waals surface area contributed by atoms with E-state index < -0.39 is 0 Å². The quantitative estimate of drug-likeness (QED) is 0.789. The Morgan fingerprint density at radius 1 is 1.61 bits per heavy atom. The first-order valence-corrected chi connectivity index (χ1v) is 5.62. The van der Waals surface area contributed by atoms with E-state index in [9.17, 15) is 9.18 Å². The van der Waals surface area contributed by atoms with Crippen molar-refractivity contribution in [3.8, 4) is 0 Å². The molecule has 1 aromatic carbocycles. The number of hydrogen-bond donors (Lipinski definition) is 2. The monoisotopic (exact) mass is 252 g/mol. The lowest BCUT2D eigenvalue weighted by molar-refractivity contribution is 0.195. The fraction of sp³-hybridized carbons (Fsp3) is 0.308. The summed E-state index contributed by atoms with van der Waals surface area (Å²) in [7, 11) is 0. The van der Waals surface area contributed by atoms with E-state index in [1.807, 2.05) is 0 Å². The van der Waals surface area contributed by atoms with Gasteiger partial charge in [0.05, 0.1) is 6.61 Å². The van der Waals surface area contributed by atoms with Crippen LogP contribution in [-0.4, -0.2) is 35.7 Å². The minimum Gasteiger partial charge on any atom is -0.395 e. The number of carbonyl (C=O) groups excluding carboxylic acids is 1. The SMILES string of the molecule is C=CCN(CCO)C(=O)Nc1ccc(F)cc1C. The lowest BCUT2D eigenvalue weighted by Crippen LogP contribution is -2.37. The summed E-state index contributed by atoms with van der Waals surface area (Å²) < 4.78 is 12.9. The van der Waals surface area contributed by atoms with Crippen molar-refractivity contribution in [3.63, 3.8) is 0 Å². The Morgan fingerprint density at radius 2 is 2.33 bits per heavy atom. The van der Waals surface area contributed by atoms with Crippen LogP contribution < -0.4 is 5.32 Å². The van der Waals surface area contributed by atoms with Crippen molar-refractivity contribution < 1.29 is 14.3 Å². The van der Waals surface area contributed by atoms with Gasteiger partial charge in [-0.2, -0.15) is 0 Å². The third-order valence-electron chi connectivity index (χ3n) is 2.44. The number of aliphatic hydroxyl groups excluding tert-OH is 1. The van der Waals surface area contributed by atoms with Gasteiger partial charge in [-0.3, -0.25) is 0 Å². The van der Waals surface area contributed by atoms with Gasteiger partial charge in [-0.25, -0.2) is 9.18 Å². The van der Waals surface area contributed by atoms with E-state index in [1.165, 1.54) is 23.1 Å². The molecule has 0 aliphatic heterocycles. The van der Waals surface area contributed by atoms with E-state index in [0.29, 0.717) is 17.8 Å². The molecule has 0 heterocycles.